The molecule has 3 atom stereocenters. The highest BCUT2D eigenvalue weighted by molar-refractivity contribution is 6.30. The van der Waals surface area contributed by atoms with Crippen LogP contribution in [0.5, 0.6) is 0 Å². The second-order valence-electron chi connectivity index (χ2n) is 5.82. The molecule has 2 N–H and O–H groups in total. The number of nitrogens with one attached hydrogen (secondary N) is 1. The van der Waals surface area contributed by atoms with Gasteiger partial charge in [-0.15, -0.1) is 0 Å². The lowest BCUT2D eigenvalue weighted by molar-refractivity contribution is -0.137. The molecular weight excluding hydrogens is 304 g/mol. The second kappa shape index (κ2) is 7.11. The fourth-order valence-corrected chi connectivity index (χ4v) is 2.59. The Morgan fingerprint density at radius 1 is 1.36 bits per heavy atom. The van der Waals surface area contributed by atoms with E-state index in [9.17, 15) is 14.7 Å². The van der Waals surface area contributed by atoms with Crippen molar-refractivity contribution >= 4 is 23.4 Å². The van der Waals surface area contributed by atoms with Crippen molar-refractivity contribution in [2.45, 2.75) is 32.4 Å². The first kappa shape index (κ1) is 16.8. The van der Waals surface area contributed by atoms with Gasteiger partial charge in [-0.1, -0.05) is 18.5 Å². The number of aliphatic hydroxyl groups is 1. The molecule has 3 unspecified atom stereocenters. The third-order valence-corrected chi connectivity index (χ3v) is 4.31. The van der Waals surface area contributed by atoms with Crippen molar-refractivity contribution in [3.05, 3.63) is 34.9 Å². The summed E-state index contributed by atoms with van der Waals surface area (Å²) in [5, 5.41) is 13.1. The Bertz CT molecular complexity index is 547. The molecule has 1 saturated heterocycles. The highest BCUT2D eigenvalue weighted by Gasteiger charge is 2.30. The van der Waals surface area contributed by atoms with Gasteiger partial charge in [0.2, 0.25) is 5.91 Å². The standard InChI is InChI=1S/C16H21ClN2O3/c1-10-7-8-19(9-14(10)20)16(22)11(2)18-15(21)12-3-5-13(17)6-4-12/h3-6,10-11,14,20H,7-9H2,1-2H3,(H,18,21). The molecule has 0 spiro atoms. The molecule has 22 heavy (non-hydrogen) atoms. The van der Waals surface area contributed by atoms with Crippen LogP contribution in [0, 0.1) is 5.92 Å². The Hall–Kier alpha value is -1.59. The largest absolute Gasteiger partial charge is 0.391 e. The minimum Gasteiger partial charge on any atom is -0.391 e. The van der Waals surface area contributed by atoms with Crippen molar-refractivity contribution in [1.29, 1.82) is 0 Å². The van der Waals surface area contributed by atoms with Crippen LogP contribution in [0.3, 0.4) is 0 Å². The zero-order chi connectivity index (χ0) is 16.3. The summed E-state index contributed by atoms with van der Waals surface area (Å²) in [5.74, 6) is -0.292. The van der Waals surface area contributed by atoms with Crippen molar-refractivity contribution in [3.8, 4) is 0 Å². The molecule has 120 valence electrons. The summed E-state index contributed by atoms with van der Waals surface area (Å²) in [5.41, 5.74) is 0.455. The minimum atomic E-state index is -0.635. The van der Waals surface area contributed by atoms with Crippen LogP contribution in [-0.2, 0) is 4.79 Å². The zero-order valence-corrected chi connectivity index (χ0v) is 13.5. The number of aliphatic hydroxyl groups excluding tert-OH is 1. The number of carbonyl (C=O) groups excluding carboxylic acids is 2. The highest BCUT2D eigenvalue weighted by Crippen LogP contribution is 2.17. The van der Waals surface area contributed by atoms with E-state index in [-0.39, 0.29) is 17.7 Å². The monoisotopic (exact) mass is 324 g/mol. The van der Waals surface area contributed by atoms with Gasteiger partial charge < -0.3 is 15.3 Å². The molecule has 6 heteroatoms. The molecule has 1 aromatic rings. The number of halogens is 1. The molecule has 1 fully saturated rings. The van der Waals surface area contributed by atoms with Gasteiger partial charge in [-0.3, -0.25) is 9.59 Å². The number of piperidine rings is 1. The van der Waals surface area contributed by atoms with E-state index >= 15 is 0 Å². The first-order chi connectivity index (χ1) is 10.4. The lowest BCUT2D eigenvalue weighted by Crippen LogP contribution is -2.52. The summed E-state index contributed by atoms with van der Waals surface area (Å²) in [6.07, 6.45) is 0.266. The summed E-state index contributed by atoms with van der Waals surface area (Å²) in [6.45, 7) is 4.55. The molecule has 1 heterocycles. The Balaban J connectivity index is 1.93. The Kier molecular flexibility index (Phi) is 5.42. The Morgan fingerprint density at radius 2 is 2.00 bits per heavy atom. The summed E-state index contributed by atoms with van der Waals surface area (Å²) in [4.78, 5) is 26.1. The van der Waals surface area contributed by atoms with E-state index in [4.69, 9.17) is 11.6 Å². The average Bonchev–Trinajstić information content (AvgIpc) is 2.49. The van der Waals surface area contributed by atoms with Crippen molar-refractivity contribution in [1.82, 2.24) is 10.2 Å². The fraction of sp³-hybridized carbons (Fsp3) is 0.500. The number of hydrogen-bond acceptors (Lipinski definition) is 3. The van der Waals surface area contributed by atoms with E-state index < -0.39 is 12.1 Å². The number of carbonyl (C=O) groups is 2. The Morgan fingerprint density at radius 3 is 2.59 bits per heavy atom. The Labute approximate surface area is 135 Å². The number of benzene rings is 1. The molecule has 0 aromatic heterocycles. The van der Waals surface area contributed by atoms with Crippen LogP contribution < -0.4 is 5.32 Å². The maximum atomic E-state index is 12.4. The second-order valence-corrected chi connectivity index (χ2v) is 6.26. The molecule has 2 rings (SSSR count). The molecule has 2 amide bonds. The highest BCUT2D eigenvalue weighted by atomic mass is 35.5. The molecule has 0 aliphatic carbocycles. The van der Waals surface area contributed by atoms with Crippen LogP contribution in [0.15, 0.2) is 24.3 Å². The molecule has 0 bridgehead atoms. The predicted molar refractivity (Wildman–Crippen MR) is 84.7 cm³/mol. The summed E-state index contributed by atoms with van der Waals surface area (Å²) in [7, 11) is 0. The SMILES string of the molecule is CC(NC(=O)c1ccc(Cl)cc1)C(=O)N1CCC(C)C(O)C1. The van der Waals surface area contributed by atoms with Gasteiger partial charge in [0, 0.05) is 23.7 Å². The third kappa shape index (κ3) is 3.99. The third-order valence-electron chi connectivity index (χ3n) is 4.05. The maximum Gasteiger partial charge on any atom is 0.251 e. The lowest BCUT2D eigenvalue weighted by Gasteiger charge is -2.35. The van der Waals surface area contributed by atoms with Crippen molar-refractivity contribution < 1.29 is 14.7 Å². The molecule has 1 aliphatic heterocycles. The van der Waals surface area contributed by atoms with Gasteiger partial charge in [-0.05, 0) is 43.5 Å². The van der Waals surface area contributed by atoms with Gasteiger partial charge in [0.1, 0.15) is 6.04 Å². The van der Waals surface area contributed by atoms with Crippen LogP contribution in [0.2, 0.25) is 5.02 Å². The summed E-state index contributed by atoms with van der Waals surface area (Å²) >= 11 is 5.78. The summed E-state index contributed by atoms with van der Waals surface area (Å²) in [6, 6.07) is 5.85. The van der Waals surface area contributed by atoms with E-state index in [2.05, 4.69) is 5.32 Å². The zero-order valence-electron chi connectivity index (χ0n) is 12.8. The number of amides is 2. The van der Waals surface area contributed by atoms with Crippen LogP contribution in [0.1, 0.15) is 30.6 Å². The first-order valence-corrected chi connectivity index (χ1v) is 7.79. The van der Waals surface area contributed by atoms with Crippen molar-refractivity contribution in [2.75, 3.05) is 13.1 Å². The van der Waals surface area contributed by atoms with E-state index in [0.717, 1.165) is 6.42 Å². The van der Waals surface area contributed by atoms with Gasteiger partial charge in [-0.2, -0.15) is 0 Å². The lowest BCUT2D eigenvalue weighted by atomic mass is 9.95. The van der Waals surface area contributed by atoms with E-state index in [0.29, 0.717) is 23.7 Å². The number of β-amino-alcohol motifs (C(OH)–C–C–N with tert-alkyl or cyclic N) is 1. The average molecular weight is 325 g/mol. The molecule has 0 saturated carbocycles. The molecule has 1 aromatic carbocycles. The van der Waals surface area contributed by atoms with Crippen LogP contribution >= 0.6 is 11.6 Å². The normalized spacial score (nSPS) is 23.0. The van der Waals surface area contributed by atoms with Crippen molar-refractivity contribution in [3.63, 3.8) is 0 Å². The molecular formula is C16H21ClN2O3. The summed E-state index contributed by atoms with van der Waals surface area (Å²) < 4.78 is 0. The van der Waals surface area contributed by atoms with Gasteiger partial charge in [-0.25, -0.2) is 0 Å². The maximum absolute atomic E-state index is 12.4. The first-order valence-electron chi connectivity index (χ1n) is 7.41. The van der Waals surface area contributed by atoms with Gasteiger partial charge in [0.15, 0.2) is 0 Å². The van der Waals surface area contributed by atoms with E-state index in [1.165, 1.54) is 0 Å². The van der Waals surface area contributed by atoms with Crippen LogP contribution in [0.25, 0.3) is 0 Å². The topological polar surface area (TPSA) is 69.6 Å². The number of rotatable bonds is 3. The number of hydrogen-bond donors (Lipinski definition) is 2. The quantitative estimate of drug-likeness (QED) is 0.889. The van der Waals surface area contributed by atoms with E-state index in [1.54, 1.807) is 36.1 Å². The number of nitrogens with zero attached hydrogens (tertiary/aromatic N) is 1. The smallest absolute Gasteiger partial charge is 0.251 e. The van der Waals surface area contributed by atoms with Crippen molar-refractivity contribution in [2.24, 2.45) is 5.92 Å². The van der Waals surface area contributed by atoms with Gasteiger partial charge in [0.05, 0.1) is 6.10 Å². The van der Waals surface area contributed by atoms with Crippen LogP contribution in [0.4, 0.5) is 0 Å². The fourth-order valence-electron chi connectivity index (χ4n) is 2.47. The van der Waals surface area contributed by atoms with Gasteiger partial charge >= 0.3 is 0 Å². The molecule has 1 aliphatic rings. The van der Waals surface area contributed by atoms with Crippen LogP contribution in [-0.4, -0.2) is 47.1 Å². The molecule has 0 radical (unpaired) electrons. The van der Waals surface area contributed by atoms with Gasteiger partial charge in [0.25, 0.3) is 5.91 Å². The molecule has 5 nitrogen and oxygen atoms in total. The predicted octanol–water partition coefficient (Wildman–Crippen LogP) is 1.69. The minimum absolute atomic E-state index is 0.173. The van der Waals surface area contributed by atoms with E-state index in [1.807, 2.05) is 6.92 Å². The number of likely N-dealkylation sites (tertiary alicyclic amines) is 1.